The lowest BCUT2D eigenvalue weighted by Crippen LogP contribution is -2.15. The maximum atomic E-state index is 12.4. The van der Waals surface area contributed by atoms with Gasteiger partial charge in [0.05, 0.1) is 10.6 Å². The molecule has 2 aromatic carbocycles. The molecule has 1 aromatic heterocycles. The third-order valence-corrected chi connectivity index (χ3v) is 5.16. The summed E-state index contributed by atoms with van der Waals surface area (Å²) in [5.41, 5.74) is 2.08. The highest BCUT2D eigenvalue weighted by Gasteiger charge is 2.17. The van der Waals surface area contributed by atoms with Crippen molar-refractivity contribution in [3.05, 3.63) is 71.2 Å². The van der Waals surface area contributed by atoms with E-state index in [9.17, 15) is 8.42 Å². The first kappa shape index (κ1) is 16.4. The van der Waals surface area contributed by atoms with Crippen LogP contribution in [0.2, 0.25) is 5.02 Å². The van der Waals surface area contributed by atoms with Crippen LogP contribution in [0.25, 0.3) is 11.3 Å². The summed E-state index contributed by atoms with van der Waals surface area (Å²) < 4.78 is 27.3. The molecule has 0 saturated carbocycles. The van der Waals surface area contributed by atoms with Crippen LogP contribution in [-0.2, 0) is 10.0 Å². The molecule has 0 radical (unpaired) electrons. The number of halogens is 1. The maximum Gasteiger partial charge on any atom is 0.263 e. The number of rotatable bonds is 4. The number of hydrogen-bond acceptors (Lipinski definition) is 4. The molecule has 0 aliphatic carbocycles. The Morgan fingerprint density at radius 3 is 2.42 bits per heavy atom. The first-order valence-electron chi connectivity index (χ1n) is 7.14. The number of nitrogens with one attached hydrogen (secondary N) is 1. The molecule has 5 nitrogen and oxygen atoms in total. The van der Waals surface area contributed by atoms with Crippen LogP contribution in [0.3, 0.4) is 0 Å². The minimum Gasteiger partial charge on any atom is -0.262 e. The van der Waals surface area contributed by atoms with Crippen molar-refractivity contribution in [1.29, 1.82) is 0 Å². The third-order valence-electron chi connectivity index (χ3n) is 3.41. The second kappa shape index (κ2) is 6.59. The Balaban J connectivity index is 1.85. The Hall–Kier alpha value is -2.44. The first-order chi connectivity index (χ1) is 11.5. The highest BCUT2D eigenvalue weighted by Crippen LogP contribution is 2.22. The fourth-order valence-corrected chi connectivity index (χ4v) is 3.67. The van der Waals surface area contributed by atoms with Gasteiger partial charge >= 0.3 is 0 Å². The van der Waals surface area contributed by atoms with E-state index in [1.165, 1.54) is 0 Å². The summed E-state index contributed by atoms with van der Waals surface area (Å²) in [5.74, 6) is 0.157. The van der Waals surface area contributed by atoms with Crippen LogP contribution in [0.1, 0.15) is 5.56 Å². The van der Waals surface area contributed by atoms with Crippen molar-refractivity contribution >= 4 is 27.4 Å². The molecule has 0 amide bonds. The SMILES string of the molecule is Cc1ccccc1S(=O)(=O)Nc1ccc(-c2cccc(Cl)c2)nn1. The molecule has 0 aliphatic heterocycles. The van der Waals surface area contributed by atoms with E-state index >= 15 is 0 Å². The van der Waals surface area contributed by atoms with E-state index < -0.39 is 10.0 Å². The van der Waals surface area contributed by atoms with Crippen LogP contribution in [0.4, 0.5) is 5.82 Å². The smallest absolute Gasteiger partial charge is 0.262 e. The summed E-state index contributed by atoms with van der Waals surface area (Å²) in [5, 5.41) is 8.59. The fraction of sp³-hybridized carbons (Fsp3) is 0.0588. The van der Waals surface area contributed by atoms with Crippen LogP contribution in [-0.4, -0.2) is 18.6 Å². The monoisotopic (exact) mass is 359 g/mol. The minimum atomic E-state index is -3.70. The van der Waals surface area contributed by atoms with E-state index in [-0.39, 0.29) is 10.7 Å². The van der Waals surface area contributed by atoms with Gasteiger partial charge in [-0.05, 0) is 42.8 Å². The van der Waals surface area contributed by atoms with Gasteiger partial charge in [0.2, 0.25) is 0 Å². The van der Waals surface area contributed by atoms with Crippen LogP contribution >= 0.6 is 11.6 Å². The molecule has 0 unspecified atom stereocenters. The molecular weight excluding hydrogens is 346 g/mol. The van der Waals surface area contributed by atoms with Gasteiger partial charge in [0.15, 0.2) is 5.82 Å². The zero-order valence-corrected chi connectivity index (χ0v) is 14.3. The highest BCUT2D eigenvalue weighted by atomic mass is 35.5. The molecule has 0 spiro atoms. The predicted molar refractivity (Wildman–Crippen MR) is 94.5 cm³/mol. The average molecular weight is 360 g/mol. The van der Waals surface area contributed by atoms with Crippen molar-refractivity contribution < 1.29 is 8.42 Å². The van der Waals surface area contributed by atoms with E-state index in [1.807, 2.05) is 12.1 Å². The molecular formula is C17H14ClN3O2S. The van der Waals surface area contributed by atoms with Gasteiger partial charge in [-0.3, -0.25) is 4.72 Å². The van der Waals surface area contributed by atoms with Gasteiger partial charge in [0.25, 0.3) is 10.0 Å². The number of aromatic nitrogens is 2. The Kier molecular flexibility index (Phi) is 4.51. The number of benzene rings is 2. The van der Waals surface area contributed by atoms with E-state index in [0.29, 0.717) is 16.3 Å². The van der Waals surface area contributed by atoms with Crippen molar-refractivity contribution in [1.82, 2.24) is 10.2 Å². The Bertz CT molecular complexity index is 973. The largest absolute Gasteiger partial charge is 0.263 e. The summed E-state index contributed by atoms with van der Waals surface area (Å²) in [7, 11) is -3.70. The summed E-state index contributed by atoms with van der Waals surface area (Å²) in [6.07, 6.45) is 0. The molecule has 3 rings (SSSR count). The minimum absolute atomic E-state index is 0.157. The van der Waals surface area contributed by atoms with E-state index in [0.717, 1.165) is 5.56 Å². The van der Waals surface area contributed by atoms with Gasteiger partial charge in [-0.25, -0.2) is 8.42 Å². The van der Waals surface area contributed by atoms with E-state index in [4.69, 9.17) is 11.6 Å². The number of aryl methyl sites for hydroxylation is 1. The van der Waals surface area contributed by atoms with Crippen LogP contribution in [0.15, 0.2) is 65.6 Å². The topological polar surface area (TPSA) is 72.0 Å². The molecule has 3 aromatic rings. The standard InChI is InChI=1S/C17H14ClN3O2S/c1-12-5-2-3-8-16(12)24(22,23)21-17-10-9-15(19-20-17)13-6-4-7-14(18)11-13/h2-11H,1H3,(H,20,21). The molecule has 0 atom stereocenters. The van der Waals surface area contributed by atoms with E-state index in [1.54, 1.807) is 55.5 Å². The van der Waals surface area contributed by atoms with Crippen LogP contribution < -0.4 is 4.72 Å². The Morgan fingerprint density at radius 1 is 0.958 bits per heavy atom. The number of nitrogens with zero attached hydrogens (tertiary/aromatic N) is 2. The van der Waals surface area contributed by atoms with Crippen molar-refractivity contribution in [2.24, 2.45) is 0 Å². The van der Waals surface area contributed by atoms with Crippen LogP contribution in [0.5, 0.6) is 0 Å². The molecule has 0 aliphatic rings. The second-order valence-electron chi connectivity index (χ2n) is 5.19. The lowest BCUT2D eigenvalue weighted by Gasteiger charge is -2.09. The molecule has 0 saturated heterocycles. The summed E-state index contributed by atoms with van der Waals surface area (Å²) in [6.45, 7) is 1.74. The number of anilines is 1. The van der Waals surface area contributed by atoms with Crippen molar-refractivity contribution in [3.8, 4) is 11.3 Å². The zero-order valence-electron chi connectivity index (χ0n) is 12.8. The summed E-state index contributed by atoms with van der Waals surface area (Å²) >= 11 is 5.96. The lowest BCUT2D eigenvalue weighted by atomic mass is 10.1. The van der Waals surface area contributed by atoms with Crippen LogP contribution in [0, 0.1) is 6.92 Å². The first-order valence-corrected chi connectivity index (χ1v) is 9.00. The summed E-state index contributed by atoms with van der Waals surface area (Å²) in [6, 6.07) is 17.2. The predicted octanol–water partition coefficient (Wildman–Crippen LogP) is 3.91. The molecule has 1 N–H and O–H groups in total. The van der Waals surface area contributed by atoms with Crippen molar-refractivity contribution in [3.63, 3.8) is 0 Å². The van der Waals surface area contributed by atoms with Gasteiger partial charge in [-0.1, -0.05) is 41.9 Å². The van der Waals surface area contributed by atoms with E-state index in [2.05, 4.69) is 14.9 Å². The second-order valence-corrected chi connectivity index (χ2v) is 7.27. The fourth-order valence-electron chi connectivity index (χ4n) is 2.24. The number of sulfonamides is 1. The van der Waals surface area contributed by atoms with Crippen molar-refractivity contribution in [2.45, 2.75) is 11.8 Å². The molecule has 24 heavy (non-hydrogen) atoms. The lowest BCUT2D eigenvalue weighted by molar-refractivity contribution is 0.600. The Morgan fingerprint density at radius 2 is 1.75 bits per heavy atom. The molecule has 122 valence electrons. The molecule has 1 heterocycles. The number of hydrogen-bond donors (Lipinski definition) is 1. The highest BCUT2D eigenvalue weighted by molar-refractivity contribution is 7.92. The van der Waals surface area contributed by atoms with Gasteiger partial charge in [0.1, 0.15) is 0 Å². The quantitative estimate of drug-likeness (QED) is 0.766. The normalized spacial score (nSPS) is 11.2. The van der Waals surface area contributed by atoms with Gasteiger partial charge < -0.3 is 0 Å². The average Bonchev–Trinajstić information content (AvgIpc) is 2.55. The molecule has 0 fully saturated rings. The van der Waals surface area contributed by atoms with Gasteiger partial charge in [0, 0.05) is 10.6 Å². The molecule has 7 heteroatoms. The van der Waals surface area contributed by atoms with Gasteiger partial charge in [-0.2, -0.15) is 0 Å². The zero-order chi connectivity index (χ0) is 17.2. The maximum absolute atomic E-state index is 12.4. The third kappa shape index (κ3) is 3.55. The Labute approximate surface area is 145 Å². The summed E-state index contributed by atoms with van der Waals surface area (Å²) in [4.78, 5) is 0.214. The van der Waals surface area contributed by atoms with Crippen molar-refractivity contribution in [2.75, 3.05) is 4.72 Å². The van der Waals surface area contributed by atoms with Gasteiger partial charge in [-0.15, -0.1) is 10.2 Å². The molecule has 0 bridgehead atoms.